The van der Waals surface area contributed by atoms with Gasteiger partial charge in [0.2, 0.25) is 11.7 Å². The number of halogens is 2. The molecule has 1 amide bonds. The van der Waals surface area contributed by atoms with Crippen molar-refractivity contribution in [2.75, 3.05) is 23.9 Å². The normalized spacial score (nSPS) is 19.0. The summed E-state index contributed by atoms with van der Waals surface area (Å²) in [5.74, 6) is -2.52. The Balaban J connectivity index is 1.94. The summed E-state index contributed by atoms with van der Waals surface area (Å²) in [4.78, 5) is 18.5. The Labute approximate surface area is 179 Å². The number of amides is 1. The van der Waals surface area contributed by atoms with Crippen LogP contribution in [0, 0.1) is 23.5 Å². The molecule has 8 nitrogen and oxygen atoms in total. The highest BCUT2D eigenvalue weighted by Crippen LogP contribution is 2.40. The molecule has 1 aromatic carbocycles. The van der Waals surface area contributed by atoms with Gasteiger partial charge in [-0.15, -0.1) is 0 Å². The fourth-order valence-electron chi connectivity index (χ4n) is 3.68. The maximum atomic E-state index is 14.3. The molecule has 0 spiro atoms. The lowest BCUT2D eigenvalue weighted by Gasteiger charge is -2.28. The molecule has 11 heteroatoms. The van der Waals surface area contributed by atoms with Gasteiger partial charge in [0, 0.05) is 24.5 Å². The van der Waals surface area contributed by atoms with E-state index < -0.39 is 33.6 Å². The number of methoxy groups -OCH3 is 1. The van der Waals surface area contributed by atoms with Crippen molar-refractivity contribution in [3.63, 3.8) is 0 Å². The van der Waals surface area contributed by atoms with E-state index >= 15 is 0 Å². The molecule has 1 aliphatic rings. The molecule has 2 atom stereocenters. The number of nitrogens with one attached hydrogen (secondary N) is 1. The number of hydrogen-bond acceptors (Lipinski definition) is 6. The molecule has 0 bridgehead atoms. The number of carbonyl (C=O) groups is 1. The number of nitrogens with two attached hydrogens (primary N) is 1. The Morgan fingerprint density at radius 3 is 2.65 bits per heavy atom. The first kappa shape index (κ1) is 22.9. The second-order valence-corrected chi connectivity index (χ2v) is 9.25. The molecular weight excluding hydrogens is 430 g/mol. The second kappa shape index (κ2) is 8.75. The number of aromatic nitrogens is 1. The molecule has 0 unspecified atom stereocenters. The molecule has 1 aromatic heterocycles. The quantitative estimate of drug-likeness (QED) is 0.693. The Hall–Kier alpha value is -2.79. The van der Waals surface area contributed by atoms with Crippen molar-refractivity contribution in [1.82, 2.24) is 4.98 Å². The number of primary sulfonamides is 1. The largest absolute Gasteiger partial charge is 0.491 e. The van der Waals surface area contributed by atoms with E-state index in [2.05, 4.69) is 10.3 Å². The van der Waals surface area contributed by atoms with Crippen LogP contribution in [0.4, 0.5) is 20.2 Å². The zero-order valence-corrected chi connectivity index (χ0v) is 18.1. The summed E-state index contributed by atoms with van der Waals surface area (Å²) in [7, 11) is -2.80. The summed E-state index contributed by atoms with van der Waals surface area (Å²) in [6.45, 7) is 4.48. The molecule has 0 saturated carbocycles. The number of nitrogens with zero attached hydrogens (tertiary/aromatic N) is 2. The summed E-state index contributed by atoms with van der Waals surface area (Å²) < 4.78 is 56.1. The number of ether oxygens (including phenoxy) is 1. The molecular formula is C20H24F2N4O4S. The van der Waals surface area contributed by atoms with Gasteiger partial charge in [0.05, 0.1) is 12.8 Å². The van der Waals surface area contributed by atoms with Crippen LogP contribution in [0.2, 0.25) is 0 Å². The second-order valence-electron chi connectivity index (χ2n) is 7.74. The lowest BCUT2D eigenvalue weighted by molar-refractivity contribution is -0.117. The minimum atomic E-state index is -4.04. The van der Waals surface area contributed by atoms with Crippen molar-refractivity contribution in [1.29, 1.82) is 0 Å². The molecule has 1 fully saturated rings. The Morgan fingerprint density at radius 2 is 2.03 bits per heavy atom. The van der Waals surface area contributed by atoms with Crippen LogP contribution in [-0.4, -0.2) is 39.0 Å². The molecule has 0 radical (unpaired) electrons. The van der Waals surface area contributed by atoms with Crippen LogP contribution in [0.3, 0.4) is 0 Å². The lowest BCUT2D eigenvalue weighted by Crippen LogP contribution is -2.40. The van der Waals surface area contributed by atoms with Gasteiger partial charge in [-0.3, -0.25) is 4.79 Å². The van der Waals surface area contributed by atoms with Gasteiger partial charge >= 0.3 is 0 Å². The standard InChI is InChI=1S/C20H24F2N4O4S/c1-11(2)12-8-16(20(27)25-13-6-7-24-17(9-13)31(23,28)29)26(10-12)15-5-4-14(21)18(22)19(15)30-3/h4-7,9,11-12,16H,8,10H2,1-3H3,(H2,23,28,29)(H,24,25,27)/t12-,16+/m0/s1. The highest BCUT2D eigenvalue weighted by molar-refractivity contribution is 7.89. The van der Waals surface area contributed by atoms with Crippen molar-refractivity contribution in [3.8, 4) is 5.75 Å². The van der Waals surface area contributed by atoms with Gasteiger partial charge in [0.1, 0.15) is 6.04 Å². The van der Waals surface area contributed by atoms with Gasteiger partial charge in [-0.25, -0.2) is 22.9 Å². The van der Waals surface area contributed by atoms with E-state index in [0.29, 0.717) is 13.0 Å². The average Bonchev–Trinajstić information content (AvgIpc) is 3.15. The molecule has 0 aliphatic carbocycles. The number of sulfonamides is 1. The van der Waals surface area contributed by atoms with E-state index in [1.807, 2.05) is 13.8 Å². The first-order valence-electron chi connectivity index (χ1n) is 9.61. The van der Waals surface area contributed by atoms with Crippen LogP contribution in [-0.2, 0) is 14.8 Å². The number of benzene rings is 1. The summed E-state index contributed by atoms with van der Waals surface area (Å²) in [6, 6.07) is 4.25. The van der Waals surface area contributed by atoms with E-state index in [9.17, 15) is 22.0 Å². The van der Waals surface area contributed by atoms with Gasteiger partial charge in [0.25, 0.3) is 10.0 Å². The van der Waals surface area contributed by atoms with Gasteiger partial charge in [-0.2, -0.15) is 4.39 Å². The minimum absolute atomic E-state index is 0.117. The van der Waals surface area contributed by atoms with Crippen LogP contribution in [0.5, 0.6) is 5.75 Å². The summed E-state index contributed by atoms with van der Waals surface area (Å²) in [5, 5.41) is 7.39. The average molecular weight is 454 g/mol. The number of rotatable bonds is 6. The fraction of sp³-hybridized carbons (Fsp3) is 0.400. The number of anilines is 2. The van der Waals surface area contributed by atoms with Gasteiger partial charge < -0.3 is 15.0 Å². The Kier molecular flexibility index (Phi) is 6.46. The lowest BCUT2D eigenvalue weighted by atomic mass is 9.93. The molecule has 2 heterocycles. The third kappa shape index (κ3) is 4.77. The smallest absolute Gasteiger partial charge is 0.255 e. The molecule has 31 heavy (non-hydrogen) atoms. The van der Waals surface area contributed by atoms with Crippen molar-refractivity contribution in [2.24, 2.45) is 17.0 Å². The molecule has 2 aromatic rings. The van der Waals surface area contributed by atoms with E-state index in [0.717, 1.165) is 12.1 Å². The van der Waals surface area contributed by atoms with Crippen molar-refractivity contribution in [3.05, 3.63) is 42.1 Å². The fourth-order valence-corrected chi connectivity index (χ4v) is 4.18. The molecule has 1 aliphatic heterocycles. The topological polar surface area (TPSA) is 115 Å². The highest BCUT2D eigenvalue weighted by Gasteiger charge is 2.40. The predicted octanol–water partition coefficient (Wildman–Crippen LogP) is 2.51. The van der Waals surface area contributed by atoms with E-state index in [-0.39, 0.29) is 34.0 Å². The number of pyridine rings is 1. The van der Waals surface area contributed by atoms with E-state index in [4.69, 9.17) is 9.88 Å². The zero-order valence-electron chi connectivity index (χ0n) is 17.3. The minimum Gasteiger partial charge on any atom is -0.491 e. The first-order valence-corrected chi connectivity index (χ1v) is 11.2. The Bertz CT molecular complexity index is 1090. The molecule has 3 N–H and O–H groups in total. The predicted molar refractivity (Wildman–Crippen MR) is 111 cm³/mol. The van der Waals surface area contributed by atoms with Crippen LogP contribution >= 0.6 is 0 Å². The first-order chi connectivity index (χ1) is 14.5. The van der Waals surface area contributed by atoms with Crippen LogP contribution in [0.1, 0.15) is 20.3 Å². The third-order valence-electron chi connectivity index (χ3n) is 5.42. The summed E-state index contributed by atoms with van der Waals surface area (Å²) >= 11 is 0. The highest BCUT2D eigenvalue weighted by atomic mass is 32.2. The van der Waals surface area contributed by atoms with Gasteiger partial charge in [0.15, 0.2) is 16.6 Å². The molecule has 168 valence electrons. The number of hydrogen-bond donors (Lipinski definition) is 2. The summed E-state index contributed by atoms with van der Waals surface area (Å²) in [5.41, 5.74) is 0.471. The van der Waals surface area contributed by atoms with Gasteiger partial charge in [-0.1, -0.05) is 13.8 Å². The van der Waals surface area contributed by atoms with E-state index in [1.165, 1.54) is 25.4 Å². The SMILES string of the molecule is COc1c(N2C[C@@H](C(C)C)C[C@@H]2C(=O)Nc2ccnc(S(N)(=O)=O)c2)ccc(F)c1F. The van der Waals surface area contributed by atoms with Crippen molar-refractivity contribution < 1.29 is 26.7 Å². The van der Waals surface area contributed by atoms with Gasteiger partial charge in [-0.05, 0) is 36.5 Å². The van der Waals surface area contributed by atoms with E-state index in [1.54, 1.807) is 4.90 Å². The maximum absolute atomic E-state index is 14.3. The molecule has 3 rings (SSSR count). The van der Waals surface area contributed by atoms with Crippen molar-refractivity contribution in [2.45, 2.75) is 31.3 Å². The van der Waals surface area contributed by atoms with Crippen LogP contribution < -0.4 is 20.1 Å². The summed E-state index contributed by atoms with van der Waals surface area (Å²) in [6.07, 6.45) is 1.69. The Morgan fingerprint density at radius 1 is 1.32 bits per heavy atom. The van der Waals surface area contributed by atoms with Crippen LogP contribution in [0.25, 0.3) is 0 Å². The van der Waals surface area contributed by atoms with Crippen LogP contribution in [0.15, 0.2) is 35.5 Å². The number of carbonyl (C=O) groups excluding carboxylic acids is 1. The monoisotopic (exact) mass is 454 g/mol. The third-order valence-corrected chi connectivity index (χ3v) is 6.22. The maximum Gasteiger partial charge on any atom is 0.255 e. The van der Waals surface area contributed by atoms with Crippen molar-refractivity contribution >= 4 is 27.3 Å². The zero-order chi connectivity index (χ0) is 22.9. The molecule has 1 saturated heterocycles.